The van der Waals surface area contributed by atoms with Gasteiger partial charge in [-0.05, 0) is 84.8 Å². The quantitative estimate of drug-likeness (QED) is 0.371. The van der Waals surface area contributed by atoms with Gasteiger partial charge in [0, 0.05) is 18.8 Å². The molecule has 3 N–H and O–H groups in total. The summed E-state index contributed by atoms with van der Waals surface area (Å²) in [7, 11) is 2.15. The third-order valence-electron chi connectivity index (χ3n) is 6.60. The van der Waals surface area contributed by atoms with Gasteiger partial charge in [-0.25, -0.2) is 0 Å². The van der Waals surface area contributed by atoms with Crippen molar-refractivity contribution in [3.63, 3.8) is 0 Å². The second-order valence-corrected chi connectivity index (χ2v) is 10.1. The minimum Gasteiger partial charge on any atom is -0.504 e. The summed E-state index contributed by atoms with van der Waals surface area (Å²) in [6.45, 7) is 8.52. The predicted molar refractivity (Wildman–Crippen MR) is 137 cm³/mol. The monoisotopic (exact) mass is 458 g/mol. The third-order valence-corrected chi connectivity index (χ3v) is 6.60. The summed E-state index contributed by atoms with van der Waals surface area (Å²) in [5, 5.41) is 22.6. The largest absolute Gasteiger partial charge is 0.504 e. The molecule has 5 heteroatoms. The van der Waals surface area contributed by atoms with Crippen molar-refractivity contribution in [2.45, 2.75) is 45.6 Å². The number of hydrogen-bond donors (Lipinski definition) is 3. The zero-order valence-corrected chi connectivity index (χ0v) is 20.4. The zero-order valence-electron chi connectivity index (χ0n) is 20.4. The molecule has 0 radical (unpaired) electrons. The Morgan fingerprint density at radius 1 is 1.00 bits per heavy atom. The van der Waals surface area contributed by atoms with Crippen molar-refractivity contribution in [2.75, 3.05) is 18.9 Å². The van der Waals surface area contributed by atoms with Crippen LogP contribution in [0.1, 0.15) is 43.4 Å². The van der Waals surface area contributed by atoms with E-state index in [0.717, 1.165) is 41.0 Å². The predicted octanol–water partition coefficient (Wildman–Crippen LogP) is 5.83. The average Bonchev–Trinajstić information content (AvgIpc) is 3.59. The van der Waals surface area contributed by atoms with E-state index in [1.165, 1.54) is 17.7 Å². The molecule has 0 spiro atoms. The molecular weight excluding hydrogens is 424 g/mol. The van der Waals surface area contributed by atoms with Gasteiger partial charge in [-0.1, -0.05) is 50.2 Å². The fourth-order valence-corrected chi connectivity index (χ4v) is 4.64. The minimum absolute atomic E-state index is 0.0871. The summed E-state index contributed by atoms with van der Waals surface area (Å²) in [6, 6.07) is 19.3. The number of carbonyl (C=O) groups is 1. The minimum atomic E-state index is -0.653. The molecule has 0 aliphatic heterocycles. The smallest absolute Gasteiger partial charge is 0.235 e. The molecule has 3 aromatic carbocycles. The van der Waals surface area contributed by atoms with Crippen LogP contribution in [0.2, 0.25) is 0 Å². The van der Waals surface area contributed by atoms with Crippen LogP contribution >= 0.6 is 0 Å². The summed E-state index contributed by atoms with van der Waals surface area (Å²) < 4.78 is 0. The number of rotatable bonds is 8. The van der Waals surface area contributed by atoms with Crippen molar-refractivity contribution in [2.24, 2.45) is 5.92 Å². The van der Waals surface area contributed by atoms with E-state index in [9.17, 15) is 15.0 Å². The molecule has 1 amide bonds. The number of benzene rings is 3. The Kier molecular flexibility index (Phi) is 6.67. The lowest BCUT2D eigenvalue weighted by atomic mass is 9.94. The second kappa shape index (κ2) is 9.51. The van der Waals surface area contributed by atoms with E-state index in [-0.39, 0.29) is 17.4 Å². The molecule has 0 heterocycles. The summed E-state index contributed by atoms with van der Waals surface area (Å²) >= 11 is 0. The molecular formula is C29H34N2O3. The number of aryl methyl sites for hydroxylation is 1. The number of hydrogen-bond acceptors (Lipinski definition) is 4. The van der Waals surface area contributed by atoms with Gasteiger partial charge < -0.3 is 20.4 Å². The van der Waals surface area contributed by atoms with Crippen LogP contribution in [0.15, 0.2) is 60.7 Å². The number of amides is 1. The van der Waals surface area contributed by atoms with Crippen LogP contribution in [0, 0.1) is 12.8 Å². The van der Waals surface area contributed by atoms with E-state index in [1.54, 1.807) is 6.07 Å². The number of nitrogens with zero attached hydrogens (tertiary/aromatic N) is 1. The summed E-state index contributed by atoms with van der Waals surface area (Å²) in [5.41, 5.74) is 5.46. The standard InChI is InChI=1S/C29H34N2O3/c1-19(2)17-31(4)18-21-6-8-22(9-7-21)25-16-24(11-5-20(25)3)30-28(34)29(13-14-29)23-10-12-26(32)27(33)15-23/h5-12,15-16,19,32-33H,13-14,17-18H2,1-4H3,(H,30,34). The molecule has 1 aliphatic rings. The Balaban J connectivity index is 1.50. The zero-order chi connectivity index (χ0) is 24.5. The summed E-state index contributed by atoms with van der Waals surface area (Å²) in [4.78, 5) is 15.5. The lowest BCUT2D eigenvalue weighted by Gasteiger charge is -2.19. The number of phenols is 2. The van der Waals surface area contributed by atoms with Gasteiger partial charge in [0.25, 0.3) is 0 Å². The van der Waals surface area contributed by atoms with E-state index in [2.05, 4.69) is 62.3 Å². The highest BCUT2D eigenvalue weighted by molar-refractivity contribution is 6.02. The van der Waals surface area contributed by atoms with Crippen LogP contribution < -0.4 is 5.32 Å². The molecule has 0 unspecified atom stereocenters. The highest BCUT2D eigenvalue weighted by Gasteiger charge is 2.51. The Morgan fingerprint density at radius 2 is 1.71 bits per heavy atom. The maximum atomic E-state index is 13.2. The van der Waals surface area contributed by atoms with Crippen LogP contribution in [0.25, 0.3) is 11.1 Å². The first kappa shape index (κ1) is 23.8. The van der Waals surface area contributed by atoms with Crippen LogP contribution in [0.4, 0.5) is 5.69 Å². The average molecular weight is 459 g/mol. The number of aromatic hydroxyl groups is 2. The van der Waals surface area contributed by atoms with Crippen LogP contribution in [0.3, 0.4) is 0 Å². The highest BCUT2D eigenvalue weighted by Crippen LogP contribution is 2.50. The Morgan fingerprint density at radius 3 is 2.32 bits per heavy atom. The van der Waals surface area contributed by atoms with Crippen molar-refractivity contribution in [1.29, 1.82) is 0 Å². The highest BCUT2D eigenvalue weighted by atomic mass is 16.3. The van der Waals surface area contributed by atoms with Crippen LogP contribution in [-0.4, -0.2) is 34.6 Å². The van der Waals surface area contributed by atoms with E-state index >= 15 is 0 Å². The van der Waals surface area contributed by atoms with Crippen molar-refractivity contribution >= 4 is 11.6 Å². The van der Waals surface area contributed by atoms with Gasteiger partial charge in [0.1, 0.15) is 0 Å². The molecule has 0 atom stereocenters. The molecule has 3 aromatic rings. The third kappa shape index (κ3) is 5.10. The number of anilines is 1. The normalized spacial score (nSPS) is 14.4. The molecule has 34 heavy (non-hydrogen) atoms. The maximum Gasteiger partial charge on any atom is 0.235 e. The van der Waals surface area contributed by atoms with E-state index in [0.29, 0.717) is 18.8 Å². The van der Waals surface area contributed by atoms with E-state index in [1.807, 2.05) is 18.2 Å². The SMILES string of the molecule is Cc1ccc(NC(=O)C2(c3ccc(O)c(O)c3)CC2)cc1-c1ccc(CN(C)CC(C)C)cc1. The molecule has 0 bridgehead atoms. The van der Waals surface area contributed by atoms with Gasteiger partial charge in [-0.15, -0.1) is 0 Å². The van der Waals surface area contributed by atoms with Gasteiger partial charge in [0.05, 0.1) is 5.41 Å². The van der Waals surface area contributed by atoms with Crippen molar-refractivity contribution in [3.8, 4) is 22.6 Å². The summed E-state index contributed by atoms with van der Waals surface area (Å²) in [5.74, 6) is 0.170. The molecule has 4 rings (SSSR count). The fourth-order valence-electron chi connectivity index (χ4n) is 4.64. The molecule has 1 saturated carbocycles. The van der Waals surface area contributed by atoms with Gasteiger partial charge in [0.15, 0.2) is 11.5 Å². The van der Waals surface area contributed by atoms with Crippen LogP contribution in [0.5, 0.6) is 11.5 Å². The van der Waals surface area contributed by atoms with Crippen LogP contribution in [-0.2, 0) is 16.8 Å². The van der Waals surface area contributed by atoms with Crippen molar-refractivity contribution in [1.82, 2.24) is 4.90 Å². The van der Waals surface area contributed by atoms with Gasteiger partial charge in [0.2, 0.25) is 5.91 Å². The van der Waals surface area contributed by atoms with E-state index in [4.69, 9.17) is 0 Å². The Bertz CT molecular complexity index is 1180. The first-order valence-electron chi connectivity index (χ1n) is 11.9. The molecule has 0 saturated heterocycles. The molecule has 0 aromatic heterocycles. The second-order valence-electron chi connectivity index (χ2n) is 10.1. The maximum absolute atomic E-state index is 13.2. The van der Waals surface area contributed by atoms with Gasteiger partial charge in [-0.3, -0.25) is 4.79 Å². The first-order valence-corrected chi connectivity index (χ1v) is 11.9. The lowest BCUT2D eigenvalue weighted by Crippen LogP contribution is -2.27. The van der Waals surface area contributed by atoms with Gasteiger partial charge >= 0.3 is 0 Å². The Hall–Kier alpha value is -3.31. The molecule has 178 valence electrons. The molecule has 1 aliphatic carbocycles. The molecule has 1 fully saturated rings. The summed E-state index contributed by atoms with van der Waals surface area (Å²) in [6.07, 6.45) is 1.43. The first-order chi connectivity index (χ1) is 16.2. The van der Waals surface area contributed by atoms with E-state index < -0.39 is 5.41 Å². The lowest BCUT2D eigenvalue weighted by molar-refractivity contribution is -0.118. The number of nitrogens with one attached hydrogen (secondary N) is 1. The van der Waals surface area contributed by atoms with Gasteiger partial charge in [-0.2, -0.15) is 0 Å². The fraction of sp³-hybridized carbons (Fsp3) is 0.345. The topological polar surface area (TPSA) is 72.8 Å². The molecule has 5 nitrogen and oxygen atoms in total. The van der Waals surface area contributed by atoms with Crippen molar-refractivity contribution in [3.05, 3.63) is 77.4 Å². The Labute approximate surface area is 202 Å². The number of phenolic OH excluding ortho intramolecular Hbond substituents is 2. The van der Waals surface area contributed by atoms with Crippen molar-refractivity contribution < 1.29 is 15.0 Å². The number of carbonyl (C=O) groups excluding carboxylic acids is 1.